The normalized spacial score (nSPS) is 11.2. The number of ether oxygens (including phenoxy) is 1. The van der Waals surface area contributed by atoms with E-state index in [0.29, 0.717) is 41.4 Å². The van der Waals surface area contributed by atoms with Gasteiger partial charge in [0, 0.05) is 24.8 Å². The number of pyridine rings is 1. The number of anilines is 1. The van der Waals surface area contributed by atoms with Gasteiger partial charge in [0.05, 0.1) is 18.5 Å². The molecule has 0 saturated carbocycles. The second-order valence-corrected chi connectivity index (χ2v) is 7.85. The highest BCUT2D eigenvalue weighted by Crippen LogP contribution is 2.21. The van der Waals surface area contributed by atoms with Crippen LogP contribution in [0.15, 0.2) is 42.6 Å². The zero-order valence-electron chi connectivity index (χ0n) is 16.9. The van der Waals surface area contributed by atoms with Crippen molar-refractivity contribution in [2.45, 2.75) is 26.3 Å². The Balaban J connectivity index is 1.52. The van der Waals surface area contributed by atoms with Crippen molar-refractivity contribution in [2.24, 2.45) is 0 Å². The molecule has 4 rings (SSSR count). The molecule has 1 amide bonds. The molecule has 31 heavy (non-hydrogen) atoms. The summed E-state index contributed by atoms with van der Waals surface area (Å²) in [6.07, 6.45) is 3.21. The Morgan fingerprint density at radius 2 is 2.06 bits per heavy atom. The maximum atomic E-state index is 14.1. The van der Waals surface area contributed by atoms with Crippen molar-refractivity contribution >= 4 is 33.4 Å². The topological polar surface area (TPSA) is 94.8 Å². The van der Waals surface area contributed by atoms with Crippen LogP contribution in [-0.2, 0) is 17.7 Å². The number of aromatic nitrogens is 5. The Hall–Kier alpha value is -3.24. The molecule has 0 atom stereocenters. The van der Waals surface area contributed by atoms with Crippen molar-refractivity contribution in [1.29, 1.82) is 0 Å². The largest absolute Gasteiger partial charge is 0.381 e. The van der Waals surface area contributed by atoms with Crippen LogP contribution in [0.25, 0.3) is 11.0 Å². The predicted octanol–water partition coefficient (Wildman–Crippen LogP) is 3.69. The van der Waals surface area contributed by atoms with E-state index in [1.807, 2.05) is 0 Å². The van der Waals surface area contributed by atoms with E-state index >= 15 is 0 Å². The number of amides is 1. The lowest BCUT2D eigenvalue weighted by Gasteiger charge is -2.04. The first-order valence-corrected chi connectivity index (χ1v) is 10.7. The lowest BCUT2D eigenvalue weighted by Crippen LogP contribution is -2.14. The van der Waals surface area contributed by atoms with E-state index in [4.69, 9.17) is 4.74 Å². The summed E-state index contributed by atoms with van der Waals surface area (Å²) in [5, 5.41) is 17.0. The van der Waals surface area contributed by atoms with E-state index in [0.717, 1.165) is 11.4 Å². The molecule has 0 unspecified atom stereocenters. The molecular weight excluding hydrogens is 419 g/mol. The molecule has 0 bridgehead atoms. The summed E-state index contributed by atoms with van der Waals surface area (Å²) < 4.78 is 21.1. The van der Waals surface area contributed by atoms with Crippen molar-refractivity contribution in [3.05, 3.63) is 64.7 Å². The molecule has 0 aliphatic carbocycles. The van der Waals surface area contributed by atoms with Crippen LogP contribution in [0.2, 0.25) is 0 Å². The monoisotopic (exact) mass is 440 g/mol. The number of halogens is 1. The van der Waals surface area contributed by atoms with E-state index in [1.165, 1.54) is 22.1 Å². The molecule has 0 fully saturated rings. The fourth-order valence-electron chi connectivity index (χ4n) is 3.04. The lowest BCUT2D eigenvalue weighted by atomic mass is 10.2. The third-order valence-electron chi connectivity index (χ3n) is 4.50. The van der Waals surface area contributed by atoms with Gasteiger partial charge >= 0.3 is 0 Å². The van der Waals surface area contributed by atoms with Crippen LogP contribution >= 0.6 is 11.3 Å². The summed E-state index contributed by atoms with van der Waals surface area (Å²) in [6, 6.07) is 9.95. The van der Waals surface area contributed by atoms with Crippen molar-refractivity contribution in [2.75, 3.05) is 18.5 Å². The molecule has 10 heteroatoms. The fourth-order valence-corrected chi connectivity index (χ4v) is 3.76. The average Bonchev–Trinajstić information content (AvgIpc) is 3.37. The van der Waals surface area contributed by atoms with Gasteiger partial charge in [-0.1, -0.05) is 36.5 Å². The maximum absolute atomic E-state index is 14.1. The summed E-state index contributed by atoms with van der Waals surface area (Å²) in [6.45, 7) is 3.48. The van der Waals surface area contributed by atoms with Gasteiger partial charge in [0.2, 0.25) is 5.13 Å². The van der Waals surface area contributed by atoms with Crippen molar-refractivity contribution in [1.82, 2.24) is 25.0 Å². The number of fused-ring (bicyclic) bond motifs is 1. The summed E-state index contributed by atoms with van der Waals surface area (Å²) >= 11 is 1.30. The second kappa shape index (κ2) is 9.71. The van der Waals surface area contributed by atoms with Gasteiger partial charge in [0.1, 0.15) is 10.8 Å². The van der Waals surface area contributed by atoms with Crippen molar-refractivity contribution in [3.8, 4) is 0 Å². The van der Waals surface area contributed by atoms with Crippen molar-refractivity contribution in [3.63, 3.8) is 0 Å². The van der Waals surface area contributed by atoms with Gasteiger partial charge in [0.15, 0.2) is 11.3 Å². The van der Waals surface area contributed by atoms with Crippen LogP contribution in [0, 0.1) is 5.82 Å². The third kappa shape index (κ3) is 4.92. The number of hydrogen-bond acceptors (Lipinski definition) is 7. The number of hydrogen-bond donors (Lipinski definition) is 1. The van der Waals surface area contributed by atoms with Gasteiger partial charge in [-0.05, 0) is 24.6 Å². The molecule has 0 aliphatic rings. The Morgan fingerprint density at radius 1 is 1.19 bits per heavy atom. The van der Waals surface area contributed by atoms with E-state index in [1.54, 1.807) is 36.5 Å². The molecule has 0 saturated heterocycles. The van der Waals surface area contributed by atoms with Crippen LogP contribution in [0.1, 0.15) is 34.4 Å². The highest BCUT2D eigenvalue weighted by atomic mass is 32.1. The number of carbonyl (C=O) groups is 1. The minimum Gasteiger partial charge on any atom is -0.381 e. The Kier molecular flexibility index (Phi) is 6.58. The van der Waals surface area contributed by atoms with Crippen LogP contribution in [0.4, 0.5) is 9.52 Å². The molecule has 160 valence electrons. The highest BCUT2D eigenvalue weighted by molar-refractivity contribution is 7.15. The Labute approximate surface area is 182 Å². The third-order valence-corrected chi connectivity index (χ3v) is 5.39. The molecule has 3 aromatic heterocycles. The number of rotatable bonds is 9. The van der Waals surface area contributed by atoms with Gasteiger partial charge in [0.25, 0.3) is 5.91 Å². The molecule has 8 nitrogen and oxygen atoms in total. The van der Waals surface area contributed by atoms with Crippen LogP contribution in [0.3, 0.4) is 0 Å². The second-order valence-electron chi connectivity index (χ2n) is 6.79. The first-order valence-electron chi connectivity index (χ1n) is 9.92. The molecule has 3 heterocycles. The SMILES string of the molecule is CCCOCCc1nnc(NC(=O)c2nn(Cc3ccccc3F)c3ncccc23)s1. The molecule has 0 radical (unpaired) electrons. The van der Waals surface area contributed by atoms with Crippen LogP contribution in [-0.4, -0.2) is 44.1 Å². The van der Waals surface area contributed by atoms with Gasteiger partial charge in [-0.25, -0.2) is 14.1 Å². The predicted molar refractivity (Wildman–Crippen MR) is 116 cm³/mol. The zero-order chi connectivity index (χ0) is 21.6. The minimum atomic E-state index is -0.421. The maximum Gasteiger partial charge on any atom is 0.278 e. The van der Waals surface area contributed by atoms with Gasteiger partial charge in [-0.2, -0.15) is 5.10 Å². The first kappa shape index (κ1) is 21.0. The molecule has 4 aromatic rings. The van der Waals surface area contributed by atoms with Crippen LogP contribution < -0.4 is 5.32 Å². The first-order chi connectivity index (χ1) is 15.2. The Bertz CT molecular complexity index is 1190. The minimum absolute atomic E-state index is 0.161. The quantitative estimate of drug-likeness (QED) is 0.399. The van der Waals surface area contributed by atoms with Crippen LogP contribution in [0.5, 0.6) is 0 Å². The van der Waals surface area contributed by atoms with Gasteiger partial charge < -0.3 is 4.74 Å². The van der Waals surface area contributed by atoms with E-state index in [9.17, 15) is 9.18 Å². The summed E-state index contributed by atoms with van der Waals surface area (Å²) in [5.41, 5.74) is 1.16. The fraction of sp³-hybridized carbons (Fsp3) is 0.286. The van der Waals surface area contributed by atoms with E-state index in [-0.39, 0.29) is 18.1 Å². The van der Waals surface area contributed by atoms with Crippen molar-refractivity contribution < 1.29 is 13.9 Å². The van der Waals surface area contributed by atoms with Gasteiger partial charge in [-0.15, -0.1) is 10.2 Å². The van der Waals surface area contributed by atoms with E-state index in [2.05, 4.69) is 32.5 Å². The summed E-state index contributed by atoms with van der Waals surface area (Å²) in [5.74, 6) is -0.757. The lowest BCUT2D eigenvalue weighted by molar-refractivity contribution is 0.102. The number of nitrogens with zero attached hydrogens (tertiary/aromatic N) is 5. The molecular formula is C21H21FN6O2S. The smallest absolute Gasteiger partial charge is 0.278 e. The number of carbonyl (C=O) groups excluding carboxylic acids is 1. The van der Waals surface area contributed by atoms with Gasteiger partial charge in [-0.3, -0.25) is 10.1 Å². The average molecular weight is 441 g/mol. The molecule has 1 N–H and O–H groups in total. The number of benzene rings is 1. The summed E-state index contributed by atoms with van der Waals surface area (Å²) in [4.78, 5) is 17.2. The number of nitrogens with one attached hydrogen (secondary N) is 1. The highest BCUT2D eigenvalue weighted by Gasteiger charge is 2.20. The molecule has 1 aromatic carbocycles. The molecule has 0 spiro atoms. The summed E-state index contributed by atoms with van der Waals surface area (Å²) in [7, 11) is 0. The van der Waals surface area contributed by atoms with E-state index < -0.39 is 5.91 Å². The zero-order valence-corrected chi connectivity index (χ0v) is 17.7. The Morgan fingerprint density at radius 3 is 2.90 bits per heavy atom. The standard InChI is InChI=1S/C21H21FN6O2S/c1-2-11-30-12-9-17-25-26-21(31-17)24-20(29)18-15-7-5-10-23-19(15)28(27-18)13-14-6-3-4-8-16(14)22/h3-8,10H,2,9,11-13H2,1H3,(H,24,26,29). The molecule has 0 aliphatic heterocycles.